The molecule has 1 aromatic rings. The van der Waals surface area contributed by atoms with E-state index in [1.54, 1.807) is 20.0 Å². The Kier molecular flexibility index (Phi) is 2.44. The number of rotatable bonds is 3. The minimum absolute atomic E-state index is 0.253. The van der Waals surface area contributed by atoms with Crippen LogP contribution >= 0.6 is 0 Å². The Morgan fingerprint density at radius 3 is 2.67 bits per heavy atom. The summed E-state index contributed by atoms with van der Waals surface area (Å²) in [4.78, 5) is 0. The van der Waals surface area contributed by atoms with Crippen molar-refractivity contribution in [2.75, 3.05) is 0 Å². The summed E-state index contributed by atoms with van der Waals surface area (Å²) in [5, 5.41) is 26.0. The van der Waals surface area contributed by atoms with E-state index in [1.165, 1.54) is 10.9 Å². The zero-order chi connectivity index (χ0) is 9.19. The van der Waals surface area contributed by atoms with E-state index < -0.39 is 11.7 Å². The van der Waals surface area contributed by atoms with Crippen LogP contribution in [-0.2, 0) is 6.54 Å². The molecule has 1 heterocycles. The third-order valence-corrected chi connectivity index (χ3v) is 1.65. The quantitative estimate of drug-likeness (QED) is 0.637. The summed E-state index contributed by atoms with van der Waals surface area (Å²) in [5.74, 6) is 0. The van der Waals surface area contributed by atoms with E-state index in [9.17, 15) is 10.2 Å². The van der Waals surface area contributed by atoms with Crippen LogP contribution in [0.4, 0.5) is 0 Å². The van der Waals surface area contributed by atoms with Crippen LogP contribution < -0.4 is 0 Å². The maximum atomic E-state index is 9.42. The molecule has 0 saturated heterocycles. The highest BCUT2D eigenvalue weighted by Crippen LogP contribution is 2.09. The van der Waals surface area contributed by atoms with Gasteiger partial charge in [0.2, 0.25) is 0 Å². The smallest absolute Gasteiger partial charge is 0.102 e. The Labute approximate surface area is 70.6 Å². The summed E-state index contributed by atoms with van der Waals surface area (Å²) in [6, 6.07) is 0. The second-order valence-corrected chi connectivity index (χ2v) is 3.29. The molecule has 0 amide bonds. The maximum Gasteiger partial charge on any atom is 0.102 e. The van der Waals surface area contributed by atoms with E-state index >= 15 is 0 Å². The van der Waals surface area contributed by atoms with Crippen molar-refractivity contribution in [3.05, 3.63) is 12.4 Å². The first-order chi connectivity index (χ1) is 5.50. The fraction of sp³-hybridized carbons (Fsp3) is 0.714. The van der Waals surface area contributed by atoms with Gasteiger partial charge in [0.25, 0.3) is 0 Å². The minimum atomic E-state index is -1.11. The number of aliphatic hydroxyl groups is 2. The van der Waals surface area contributed by atoms with Crippen LogP contribution in [0, 0.1) is 0 Å². The molecule has 12 heavy (non-hydrogen) atoms. The third-order valence-electron chi connectivity index (χ3n) is 1.65. The van der Waals surface area contributed by atoms with Gasteiger partial charge in [0.1, 0.15) is 6.10 Å². The first-order valence-electron chi connectivity index (χ1n) is 3.74. The number of nitrogens with zero attached hydrogens (tertiary/aromatic N) is 3. The van der Waals surface area contributed by atoms with Crippen LogP contribution in [-0.4, -0.2) is 36.9 Å². The lowest BCUT2D eigenvalue weighted by Crippen LogP contribution is -2.39. The highest BCUT2D eigenvalue weighted by molar-refractivity contribution is 4.77. The van der Waals surface area contributed by atoms with Crippen molar-refractivity contribution in [3.63, 3.8) is 0 Å². The van der Waals surface area contributed by atoms with Crippen molar-refractivity contribution in [1.29, 1.82) is 0 Å². The molecule has 5 heteroatoms. The third kappa shape index (κ3) is 2.28. The predicted octanol–water partition coefficient (Wildman–Crippen LogP) is -0.590. The van der Waals surface area contributed by atoms with Gasteiger partial charge < -0.3 is 10.2 Å². The Bertz CT molecular complexity index is 227. The SMILES string of the molecule is CC(C)(O)C(O)Cn1ccnn1. The Morgan fingerprint density at radius 2 is 2.25 bits per heavy atom. The lowest BCUT2D eigenvalue weighted by molar-refractivity contribution is -0.0568. The van der Waals surface area contributed by atoms with Crippen LogP contribution in [0.1, 0.15) is 13.8 Å². The Balaban J connectivity index is 2.53. The van der Waals surface area contributed by atoms with E-state index in [-0.39, 0.29) is 6.54 Å². The molecule has 0 fully saturated rings. The largest absolute Gasteiger partial charge is 0.388 e. The van der Waals surface area contributed by atoms with Crippen molar-refractivity contribution in [2.24, 2.45) is 0 Å². The van der Waals surface area contributed by atoms with Crippen LogP contribution in [0.5, 0.6) is 0 Å². The standard InChI is InChI=1S/C7H13N3O2/c1-7(2,12)6(11)5-10-4-3-8-9-10/h3-4,6,11-12H,5H2,1-2H3. The zero-order valence-corrected chi connectivity index (χ0v) is 7.18. The van der Waals surface area contributed by atoms with Gasteiger partial charge in [0, 0.05) is 6.20 Å². The number of hydrogen-bond donors (Lipinski definition) is 2. The molecule has 0 bridgehead atoms. The summed E-state index contributed by atoms with van der Waals surface area (Å²) in [7, 11) is 0. The van der Waals surface area contributed by atoms with Gasteiger partial charge in [0.05, 0.1) is 18.3 Å². The molecule has 1 rings (SSSR count). The normalized spacial score (nSPS) is 14.7. The lowest BCUT2D eigenvalue weighted by atomic mass is 10.0. The van der Waals surface area contributed by atoms with Crippen LogP contribution in [0.25, 0.3) is 0 Å². The second-order valence-electron chi connectivity index (χ2n) is 3.29. The van der Waals surface area contributed by atoms with Crippen molar-refractivity contribution < 1.29 is 10.2 Å². The zero-order valence-electron chi connectivity index (χ0n) is 7.18. The van der Waals surface area contributed by atoms with E-state index in [0.29, 0.717) is 0 Å². The van der Waals surface area contributed by atoms with Gasteiger partial charge >= 0.3 is 0 Å². The van der Waals surface area contributed by atoms with Crippen molar-refractivity contribution >= 4 is 0 Å². The maximum absolute atomic E-state index is 9.42. The number of aliphatic hydroxyl groups excluding tert-OH is 1. The molecular formula is C7H13N3O2. The van der Waals surface area contributed by atoms with Crippen LogP contribution in [0.15, 0.2) is 12.4 Å². The first kappa shape index (κ1) is 9.15. The van der Waals surface area contributed by atoms with Gasteiger partial charge in [-0.15, -0.1) is 5.10 Å². The van der Waals surface area contributed by atoms with Gasteiger partial charge in [-0.3, -0.25) is 0 Å². The molecule has 0 aliphatic heterocycles. The fourth-order valence-electron chi connectivity index (χ4n) is 0.731. The molecule has 0 radical (unpaired) electrons. The average Bonchev–Trinajstić information content (AvgIpc) is 2.37. The molecule has 5 nitrogen and oxygen atoms in total. The summed E-state index contributed by atoms with van der Waals surface area (Å²) < 4.78 is 1.47. The monoisotopic (exact) mass is 171 g/mol. The molecule has 0 aromatic carbocycles. The predicted molar refractivity (Wildman–Crippen MR) is 42.3 cm³/mol. The molecule has 1 unspecified atom stereocenters. The number of aromatic nitrogens is 3. The van der Waals surface area contributed by atoms with Gasteiger partial charge in [0.15, 0.2) is 0 Å². The Morgan fingerprint density at radius 1 is 1.58 bits per heavy atom. The average molecular weight is 171 g/mol. The topological polar surface area (TPSA) is 71.2 Å². The van der Waals surface area contributed by atoms with E-state index in [0.717, 1.165) is 0 Å². The van der Waals surface area contributed by atoms with Gasteiger partial charge in [-0.1, -0.05) is 5.21 Å². The van der Waals surface area contributed by atoms with Crippen molar-refractivity contribution in [1.82, 2.24) is 15.0 Å². The molecule has 68 valence electrons. The lowest BCUT2D eigenvalue weighted by Gasteiger charge is -2.23. The molecular weight excluding hydrogens is 158 g/mol. The molecule has 1 atom stereocenters. The van der Waals surface area contributed by atoms with Gasteiger partial charge in [-0.2, -0.15) is 0 Å². The van der Waals surface area contributed by atoms with Gasteiger partial charge in [-0.25, -0.2) is 4.68 Å². The van der Waals surface area contributed by atoms with Gasteiger partial charge in [-0.05, 0) is 13.8 Å². The van der Waals surface area contributed by atoms with E-state index in [4.69, 9.17) is 0 Å². The minimum Gasteiger partial charge on any atom is -0.388 e. The summed E-state index contributed by atoms with van der Waals surface area (Å²) >= 11 is 0. The summed E-state index contributed by atoms with van der Waals surface area (Å²) in [6.07, 6.45) is 2.32. The Hall–Kier alpha value is -0.940. The molecule has 2 N–H and O–H groups in total. The fourth-order valence-corrected chi connectivity index (χ4v) is 0.731. The highest BCUT2D eigenvalue weighted by atomic mass is 16.3. The number of hydrogen-bond acceptors (Lipinski definition) is 4. The molecule has 0 saturated carbocycles. The van der Waals surface area contributed by atoms with Crippen molar-refractivity contribution in [2.45, 2.75) is 32.1 Å². The summed E-state index contributed by atoms with van der Waals surface area (Å²) in [5.41, 5.74) is -1.11. The van der Waals surface area contributed by atoms with E-state index in [2.05, 4.69) is 10.3 Å². The van der Waals surface area contributed by atoms with Crippen molar-refractivity contribution in [3.8, 4) is 0 Å². The van der Waals surface area contributed by atoms with Crippen LogP contribution in [0.3, 0.4) is 0 Å². The van der Waals surface area contributed by atoms with E-state index in [1.807, 2.05) is 0 Å². The molecule has 0 spiro atoms. The second kappa shape index (κ2) is 3.20. The summed E-state index contributed by atoms with van der Waals surface area (Å²) in [6.45, 7) is 3.35. The highest BCUT2D eigenvalue weighted by Gasteiger charge is 2.24. The first-order valence-corrected chi connectivity index (χ1v) is 3.74. The molecule has 0 aliphatic carbocycles. The van der Waals surface area contributed by atoms with Crippen LogP contribution in [0.2, 0.25) is 0 Å². The molecule has 1 aromatic heterocycles. The molecule has 0 aliphatic rings.